The molecule has 0 aliphatic carbocycles. The molecule has 4 heteroatoms. The van der Waals surface area contributed by atoms with Gasteiger partial charge in [-0.3, -0.25) is 4.79 Å². The predicted molar refractivity (Wildman–Crippen MR) is 73.3 cm³/mol. The predicted octanol–water partition coefficient (Wildman–Crippen LogP) is 2.48. The molecule has 4 nitrogen and oxygen atoms in total. The van der Waals surface area contributed by atoms with Gasteiger partial charge in [-0.05, 0) is 24.5 Å². The third-order valence-corrected chi connectivity index (χ3v) is 3.51. The first kappa shape index (κ1) is 13.9. The van der Waals surface area contributed by atoms with Crippen LogP contribution in [0.2, 0.25) is 0 Å². The highest BCUT2D eigenvalue weighted by Crippen LogP contribution is 2.19. The fourth-order valence-electron chi connectivity index (χ4n) is 2.41. The molecule has 1 saturated heterocycles. The average molecular weight is 263 g/mol. The lowest BCUT2D eigenvalue weighted by atomic mass is 10.1. The number of rotatable bonds is 5. The minimum Gasteiger partial charge on any atom is -0.456 e. The van der Waals surface area contributed by atoms with Gasteiger partial charge in [-0.25, -0.2) is 0 Å². The number of furan rings is 1. The molecule has 2 rings (SSSR count). The fourth-order valence-corrected chi connectivity index (χ4v) is 2.41. The molecule has 1 aromatic rings. The zero-order valence-electron chi connectivity index (χ0n) is 11.6. The maximum absolute atomic E-state index is 12.2. The van der Waals surface area contributed by atoms with Crippen LogP contribution in [0.1, 0.15) is 42.1 Å². The van der Waals surface area contributed by atoms with Gasteiger partial charge in [0.25, 0.3) is 5.91 Å². The Bertz CT molecular complexity index is 442. The Morgan fingerprint density at radius 3 is 2.89 bits per heavy atom. The molecule has 0 aromatic carbocycles. The summed E-state index contributed by atoms with van der Waals surface area (Å²) in [6.07, 6.45) is 4.12. The summed E-state index contributed by atoms with van der Waals surface area (Å²) in [5.41, 5.74) is 1.11. The number of amides is 1. The van der Waals surface area contributed by atoms with Crippen LogP contribution in [-0.2, 0) is 17.6 Å². The van der Waals surface area contributed by atoms with Gasteiger partial charge < -0.3 is 14.5 Å². The van der Waals surface area contributed by atoms with Crippen molar-refractivity contribution in [2.75, 3.05) is 6.61 Å². The van der Waals surface area contributed by atoms with Crippen LogP contribution < -0.4 is 5.32 Å². The molecular formula is C15H21NO3. The first-order valence-corrected chi connectivity index (χ1v) is 6.86. The van der Waals surface area contributed by atoms with Crippen molar-refractivity contribution in [1.29, 1.82) is 0 Å². The molecule has 0 spiro atoms. The molecule has 0 radical (unpaired) electrons. The van der Waals surface area contributed by atoms with Crippen molar-refractivity contribution in [3.8, 4) is 0 Å². The maximum Gasteiger partial charge on any atom is 0.287 e. The van der Waals surface area contributed by atoms with E-state index in [1.54, 1.807) is 6.08 Å². The van der Waals surface area contributed by atoms with E-state index in [9.17, 15) is 4.79 Å². The van der Waals surface area contributed by atoms with Gasteiger partial charge in [0.15, 0.2) is 5.76 Å². The van der Waals surface area contributed by atoms with E-state index in [4.69, 9.17) is 9.15 Å². The number of ether oxygens (including phenoxy) is 1. The van der Waals surface area contributed by atoms with Crippen molar-refractivity contribution >= 4 is 5.91 Å². The molecule has 0 unspecified atom stereocenters. The van der Waals surface area contributed by atoms with E-state index in [2.05, 4.69) is 18.8 Å². The van der Waals surface area contributed by atoms with Gasteiger partial charge in [0.05, 0.1) is 12.1 Å². The van der Waals surface area contributed by atoms with Gasteiger partial charge >= 0.3 is 0 Å². The van der Waals surface area contributed by atoms with E-state index in [0.717, 1.165) is 30.6 Å². The molecule has 2 heterocycles. The molecule has 0 bridgehead atoms. The number of nitrogens with one attached hydrogen (secondary N) is 1. The van der Waals surface area contributed by atoms with Gasteiger partial charge in [-0.1, -0.05) is 19.9 Å². The quantitative estimate of drug-likeness (QED) is 0.830. The largest absolute Gasteiger partial charge is 0.456 e. The molecule has 0 saturated carbocycles. The van der Waals surface area contributed by atoms with E-state index in [0.29, 0.717) is 12.4 Å². The van der Waals surface area contributed by atoms with Crippen LogP contribution in [0.3, 0.4) is 0 Å². The van der Waals surface area contributed by atoms with E-state index in [1.165, 1.54) is 0 Å². The molecule has 1 aromatic heterocycles. The normalized spacial score (nSPS) is 22.4. The number of carbonyl (C=O) groups is 1. The monoisotopic (exact) mass is 263 g/mol. The first-order valence-electron chi connectivity index (χ1n) is 6.86. The van der Waals surface area contributed by atoms with Crippen LogP contribution in [0, 0.1) is 0 Å². The van der Waals surface area contributed by atoms with Crippen molar-refractivity contribution in [1.82, 2.24) is 5.32 Å². The maximum atomic E-state index is 12.2. The molecule has 2 atom stereocenters. The zero-order chi connectivity index (χ0) is 13.8. The Hall–Kier alpha value is -1.55. The smallest absolute Gasteiger partial charge is 0.287 e. The number of aryl methyl sites for hydroxylation is 2. The Morgan fingerprint density at radius 2 is 2.32 bits per heavy atom. The second-order valence-electron chi connectivity index (χ2n) is 4.71. The highest BCUT2D eigenvalue weighted by Gasteiger charge is 2.28. The number of hydrogen-bond acceptors (Lipinski definition) is 3. The average Bonchev–Trinajstić information content (AvgIpc) is 3.03. The van der Waals surface area contributed by atoms with Crippen molar-refractivity contribution in [3.63, 3.8) is 0 Å². The molecule has 1 amide bonds. The summed E-state index contributed by atoms with van der Waals surface area (Å²) in [4.78, 5) is 12.2. The van der Waals surface area contributed by atoms with Crippen LogP contribution in [-0.4, -0.2) is 24.7 Å². The topological polar surface area (TPSA) is 51.5 Å². The summed E-state index contributed by atoms with van der Waals surface area (Å²) in [5, 5.41) is 2.96. The third-order valence-electron chi connectivity index (χ3n) is 3.51. The van der Waals surface area contributed by atoms with Crippen LogP contribution >= 0.6 is 0 Å². The molecule has 1 fully saturated rings. The lowest BCUT2D eigenvalue weighted by Crippen LogP contribution is -2.39. The van der Waals surface area contributed by atoms with E-state index in [-0.39, 0.29) is 18.1 Å². The summed E-state index contributed by atoms with van der Waals surface area (Å²) < 4.78 is 11.1. The van der Waals surface area contributed by atoms with E-state index >= 15 is 0 Å². The van der Waals surface area contributed by atoms with Crippen LogP contribution in [0.4, 0.5) is 0 Å². The van der Waals surface area contributed by atoms with E-state index in [1.807, 2.05) is 13.0 Å². The summed E-state index contributed by atoms with van der Waals surface area (Å²) in [5.74, 6) is 1.12. The first-order chi connectivity index (χ1) is 9.19. The Kier molecular flexibility index (Phi) is 4.43. The minimum absolute atomic E-state index is 0.00902. The minimum atomic E-state index is -0.170. The third kappa shape index (κ3) is 2.89. The number of hydrogen-bond donors (Lipinski definition) is 1. The van der Waals surface area contributed by atoms with Crippen LogP contribution in [0.5, 0.6) is 0 Å². The van der Waals surface area contributed by atoms with E-state index < -0.39 is 0 Å². The molecule has 1 N–H and O–H groups in total. The van der Waals surface area contributed by atoms with Gasteiger partial charge in [-0.2, -0.15) is 0 Å². The fraction of sp³-hybridized carbons (Fsp3) is 0.533. The van der Waals surface area contributed by atoms with Crippen LogP contribution in [0.15, 0.2) is 23.1 Å². The zero-order valence-corrected chi connectivity index (χ0v) is 11.6. The molecule has 19 heavy (non-hydrogen) atoms. The van der Waals surface area contributed by atoms with Crippen molar-refractivity contribution in [2.24, 2.45) is 0 Å². The molecule has 104 valence electrons. The van der Waals surface area contributed by atoms with Crippen molar-refractivity contribution in [3.05, 3.63) is 35.8 Å². The number of carbonyl (C=O) groups excluding carboxylic acids is 1. The van der Waals surface area contributed by atoms with Crippen molar-refractivity contribution in [2.45, 2.75) is 45.3 Å². The van der Waals surface area contributed by atoms with Gasteiger partial charge in [-0.15, -0.1) is 6.58 Å². The Labute approximate surface area is 113 Å². The summed E-state index contributed by atoms with van der Waals surface area (Å²) in [6, 6.07) is 1.83. The highest BCUT2D eigenvalue weighted by molar-refractivity contribution is 5.92. The Balaban J connectivity index is 2.07. The molecule has 1 aliphatic rings. The summed E-state index contributed by atoms with van der Waals surface area (Å²) >= 11 is 0. The molecular weight excluding hydrogens is 242 g/mol. The second-order valence-corrected chi connectivity index (χ2v) is 4.71. The molecule has 1 aliphatic heterocycles. The highest BCUT2D eigenvalue weighted by atomic mass is 16.5. The summed E-state index contributed by atoms with van der Waals surface area (Å²) in [7, 11) is 0. The van der Waals surface area contributed by atoms with Crippen LogP contribution in [0.25, 0.3) is 0 Å². The SMILES string of the molecule is C=C[C@@H]1OCC[C@H]1NC(=O)c1cc(CC)c(CC)o1. The van der Waals surface area contributed by atoms with Crippen molar-refractivity contribution < 1.29 is 13.9 Å². The lowest BCUT2D eigenvalue weighted by Gasteiger charge is -2.15. The van der Waals surface area contributed by atoms with Gasteiger partial charge in [0.1, 0.15) is 5.76 Å². The Morgan fingerprint density at radius 1 is 1.53 bits per heavy atom. The van der Waals surface area contributed by atoms with Gasteiger partial charge in [0, 0.05) is 13.0 Å². The lowest BCUT2D eigenvalue weighted by molar-refractivity contribution is 0.0872. The second kappa shape index (κ2) is 6.06. The standard InChI is InChI=1S/C15H21NO3/c1-4-10-9-14(19-12(10)5-2)15(17)16-11-7-8-18-13(11)6-3/h6,9,11,13H,3-5,7-8H2,1-2H3,(H,16,17)/t11-,13+/m1/s1. The summed E-state index contributed by atoms with van der Waals surface area (Å²) in [6.45, 7) is 8.46. The van der Waals surface area contributed by atoms with Gasteiger partial charge in [0.2, 0.25) is 0 Å².